The predicted molar refractivity (Wildman–Crippen MR) is 153 cm³/mol. The van der Waals surface area contributed by atoms with Crippen molar-refractivity contribution in [1.29, 1.82) is 0 Å². The van der Waals surface area contributed by atoms with Crippen molar-refractivity contribution >= 4 is 6.08 Å². The van der Waals surface area contributed by atoms with Crippen LogP contribution in [-0.2, 0) is 5.41 Å². The molecule has 0 saturated heterocycles. The highest BCUT2D eigenvalue weighted by Crippen LogP contribution is 2.31. The van der Waals surface area contributed by atoms with Crippen LogP contribution in [0, 0.1) is 0 Å². The molecule has 0 fully saturated rings. The molecule has 5 aromatic rings. The highest BCUT2D eigenvalue weighted by Gasteiger charge is 2.15. The first-order valence-electron chi connectivity index (χ1n) is 12.3. The Morgan fingerprint density at radius 1 is 0.556 bits per heavy atom. The van der Waals surface area contributed by atoms with Crippen molar-refractivity contribution in [3.05, 3.63) is 127 Å². The summed E-state index contributed by atoms with van der Waals surface area (Å²) in [6, 6.07) is 38.0. The highest BCUT2D eigenvalue weighted by atomic mass is 14.9. The summed E-state index contributed by atoms with van der Waals surface area (Å²) in [5.41, 5.74) is 9.81. The van der Waals surface area contributed by atoms with Gasteiger partial charge in [-0.25, -0.2) is 9.97 Å². The van der Waals surface area contributed by atoms with Crippen molar-refractivity contribution in [1.82, 2.24) is 9.97 Å². The number of hydrogen-bond donors (Lipinski definition) is 0. The lowest BCUT2D eigenvalue weighted by Gasteiger charge is -2.19. The molecule has 0 unspecified atom stereocenters. The van der Waals surface area contributed by atoms with Gasteiger partial charge in [0.1, 0.15) is 0 Å². The van der Waals surface area contributed by atoms with Gasteiger partial charge >= 0.3 is 0 Å². The molecule has 0 amide bonds. The van der Waals surface area contributed by atoms with Gasteiger partial charge in [0.05, 0.1) is 11.4 Å². The van der Waals surface area contributed by atoms with Gasteiger partial charge in [-0.05, 0) is 39.8 Å². The third-order valence-electron chi connectivity index (χ3n) is 6.44. The third-order valence-corrected chi connectivity index (χ3v) is 6.44. The molecule has 2 heteroatoms. The fourth-order valence-corrected chi connectivity index (χ4v) is 4.27. The Morgan fingerprint density at radius 3 is 1.78 bits per heavy atom. The maximum absolute atomic E-state index is 4.99. The molecule has 0 aliphatic rings. The van der Waals surface area contributed by atoms with E-state index in [9.17, 15) is 0 Å². The first-order valence-corrected chi connectivity index (χ1v) is 12.3. The van der Waals surface area contributed by atoms with Crippen molar-refractivity contribution in [2.24, 2.45) is 0 Å². The Bertz CT molecular complexity index is 1490. The minimum absolute atomic E-state index is 0.106. The van der Waals surface area contributed by atoms with Crippen LogP contribution in [0.5, 0.6) is 0 Å². The molecule has 0 saturated carbocycles. The second-order valence-corrected chi connectivity index (χ2v) is 10.1. The summed E-state index contributed by atoms with van der Waals surface area (Å²) in [5.74, 6) is 0.726. The maximum Gasteiger partial charge on any atom is 0.160 e. The topological polar surface area (TPSA) is 25.8 Å². The van der Waals surface area contributed by atoms with E-state index in [1.807, 2.05) is 24.3 Å². The number of hydrogen-bond acceptors (Lipinski definition) is 2. The molecule has 0 aliphatic heterocycles. The summed E-state index contributed by atoms with van der Waals surface area (Å²) in [6.45, 7) is 10.6. The van der Waals surface area contributed by atoms with Gasteiger partial charge in [0, 0.05) is 16.7 Å². The van der Waals surface area contributed by atoms with E-state index in [-0.39, 0.29) is 5.41 Å². The molecule has 0 radical (unpaired) electrons. The quantitative estimate of drug-likeness (QED) is 0.258. The van der Waals surface area contributed by atoms with Crippen LogP contribution < -0.4 is 0 Å². The molecule has 0 N–H and O–H groups in total. The highest BCUT2D eigenvalue weighted by molar-refractivity contribution is 5.76. The van der Waals surface area contributed by atoms with Crippen molar-refractivity contribution in [3.8, 4) is 45.0 Å². The SMILES string of the molecule is C=Cc1ccc(-c2cccc(-c3cc(-c4ccc(C(C)(C)C)cc4)nc(-c4ccccc4)n3)c2)cc1. The summed E-state index contributed by atoms with van der Waals surface area (Å²) < 4.78 is 0. The Labute approximate surface area is 214 Å². The number of rotatable bonds is 5. The number of aromatic nitrogens is 2. The van der Waals surface area contributed by atoms with Crippen LogP contribution in [-0.4, -0.2) is 9.97 Å². The Balaban J connectivity index is 1.61. The van der Waals surface area contributed by atoms with E-state index in [0.29, 0.717) is 0 Å². The van der Waals surface area contributed by atoms with Crippen molar-refractivity contribution in [2.45, 2.75) is 26.2 Å². The fourth-order valence-electron chi connectivity index (χ4n) is 4.27. The lowest BCUT2D eigenvalue weighted by molar-refractivity contribution is 0.590. The Kier molecular flexibility index (Phi) is 6.35. The maximum atomic E-state index is 4.99. The monoisotopic (exact) mass is 466 g/mol. The normalized spacial score (nSPS) is 11.3. The average molecular weight is 467 g/mol. The lowest BCUT2D eigenvalue weighted by Crippen LogP contribution is -2.10. The van der Waals surface area contributed by atoms with Crippen molar-refractivity contribution in [3.63, 3.8) is 0 Å². The van der Waals surface area contributed by atoms with E-state index in [1.165, 1.54) is 5.56 Å². The number of nitrogens with zero attached hydrogens (tertiary/aromatic N) is 2. The molecule has 1 aromatic heterocycles. The van der Waals surface area contributed by atoms with Crippen LogP contribution in [0.4, 0.5) is 0 Å². The van der Waals surface area contributed by atoms with E-state index in [1.54, 1.807) is 0 Å². The van der Waals surface area contributed by atoms with Gasteiger partial charge in [0.15, 0.2) is 5.82 Å². The van der Waals surface area contributed by atoms with Gasteiger partial charge in [-0.1, -0.05) is 130 Å². The zero-order valence-corrected chi connectivity index (χ0v) is 21.1. The molecule has 36 heavy (non-hydrogen) atoms. The Morgan fingerprint density at radius 2 is 1.14 bits per heavy atom. The van der Waals surface area contributed by atoms with E-state index >= 15 is 0 Å². The van der Waals surface area contributed by atoms with Crippen LogP contribution >= 0.6 is 0 Å². The zero-order valence-electron chi connectivity index (χ0n) is 21.1. The second kappa shape index (κ2) is 9.75. The molecule has 0 atom stereocenters. The van der Waals surface area contributed by atoms with E-state index in [4.69, 9.17) is 9.97 Å². The molecule has 1 heterocycles. The molecule has 176 valence electrons. The third kappa shape index (κ3) is 5.04. The van der Waals surface area contributed by atoms with E-state index in [0.717, 1.165) is 50.6 Å². The molecular formula is C34H30N2. The summed E-state index contributed by atoms with van der Waals surface area (Å²) in [6.07, 6.45) is 1.86. The van der Waals surface area contributed by atoms with Crippen molar-refractivity contribution in [2.75, 3.05) is 0 Å². The molecule has 4 aromatic carbocycles. The molecule has 0 aliphatic carbocycles. The minimum Gasteiger partial charge on any atom is -0.228 e. The first kappa shape index (κ1) is 23.4. The van der Waals surface area contributed by atoms with Crippen LogP contribution in [0.1, 0.15) is 31.9 Å². The summed E-state index contributed by atoms with van der Waals surface area (Å²) >= 11 is 0. The standard InChI is InChI=1S/C34H30N2/c1-5-24-14-16-25(17-15-24)28-12-9-13-29(22-28)32-23-31(26-18-20-30(21-19-26)34(2,3)4)35-33(36-32)27-10-7-6-8-11-27/h5-23H,1H2,2-4H3. The van der Waals surface area contributed by atoms with Crippen LogP contribution in [0.15, 0.2) is 116 Å². The molecule has 0 bridgehead atoms. The average Bonchev–Trinajstić information content (AvgIpc) is 2.93. The zero-order chi connectivity index (χ0) is 25.1. The van der Waals surface area contributed by atoms with Crippen molar-refractivity contribution < 1.29 is 0 Å². The molecule has 5 rings (SSSR count). The van der Waals surface area contributed by atoms with Gasteiger partial charge < -0.3 is 0 Å². The Hall–Kier alpha value is -4.30. The molecule has 0 spiro atoms. The van der Waals surface area contributed by atoms with Crippen LogP contribution in [0.2, 0.25) is 0 Å². The smallest absolute Gasteiger partial charge is 0.160 e. The second-order valence-electron chi connectivity index (χ2n) is 10.1. The summed E-state index contributed by atoms with van der Waals surface area (Å²) in [4.78, 5) is 9.96. The van der Waals surface area contributed by atoms with Gasteiger partial charge in [-0.15, -0.1) is 0 Å². The first-order chi connectivity index (χ1) is 17.4. The largest absolute Gasteiger partial charge is 0.228 e. The van der Waals surface area contributed by atoms with E-state index < -0.39 is 0 Å². The minimum atomic E-state index is 0.106. The summed E-state index contributed by atoms with van der Waals surface area (Å²) in [5, 5.41) is 0. The summed E-state index contributed by atoms with van der Waals surface area (Å²) in [7, 11) is 0. The van der Waals surface area contributed by atoms with Crippen LogP contribution in [0.3, 0.4) is 0 Å². The van der Waals surface area contributed by atoms with Gasteiger partial charge in [-0.3, -0.25) is 0 Å². The number of benzene rings is 4. The molecular weight excluding hydrogens is 436 g/mol. The van der Waals surface area contributed by atoms with Gasteiger partial charge in [0.2, 0.25) is 0 Å². The predicted octanol–water partition coefficient (Wildman–Crippen LogP) is 9.09. The van der Waals surface area contributed by atoms with Crippen LogP contribution in [0.25, 0.3) is 51.1 Å². The molecule has 2 nitrogen and oxygen atoms in total. The lowest BCUT2D eigenvalue weighted by atomic mass is 9.86. The van der Waals surface area contributed by atoms with E-state index in [2.05, 4.69) is 118 Å². The fraction of sp³-hybridized carbons (Fsp3) is 0.118. The van der Waals surface area contributed by atoms with Gasteiger partial charge in [-0.2, -0.15) is 0 Å². The van der Waals surface area contributed by atoms with Gasteiger partial charge in [0.25, 0.3) is 0 Å².